The van der Waals surface area contributed by atoms with Crippen LogP contribution in [0, 0.1) is 13.8 Å². The maximum absolute atomic E-state index is 12.9. The smallest absolute Gasteiger partial charge is 0.227 e. The maximum atomic E-state index is 12.9. The molecule has 0 atom stereocenters. The number of fused-ring (bicyclic) bond motifs is 1. The van der Waals surface area contributed by atoms with Crippen molar-refractivity contribution in [2.45, 2.75) is 20.3 Å². The molecule has 3 aromatic rings. The zero-order valence-electron chi connectivity index (χ0n) is 16.8. The molecule has 0 unspecified atom stereocenters. The van der Waals surface area contributed by atoms with Gasteiger partial charge in [-0.25, -0.2) is 0 Å². The second-order valence-electron chi connectivity index (χ2n) is 7.52. The minimum atomic E-state index is 0.208. The first-order valence-corrected chi connectivity index (χ1v) is 9.80. The second-order valence-corrected chi connectivity index (χ2v) is 7.52. The number of amides is 1. The second kappa shape index (κ2) is 7.58. The van der Waals surface area contributed by atoms with Crippen molar-refractivity contribution in [3.63, 3.8) is 0 Å². The normalized spacial score (nSPS) is 14.5. The van der Waals surface area contributed by atoms with E-state index in [4.69, 9.17) is 4.74 Å². The van der Waals surface area contributed by atoms with Gasteiger partial charge in [-0.2, -0.15) is 0 Å². The Balaban J connectivity index is 1.42. The Morgan fingerprint density at radius 2 is 1.75 bits per heavy atom. The molecule has 1 fully saturated rings. The van der Waals surface area contributed by atoms with Crippen LogP contribution < -0.4 is 9.64 Å². The number of methoxy groups -OCH3 is 1. The van der Waals surface area contributed by atoms with E-state index in [1.807, 2.05) is 17.0 Å². The number of carbonyl (C=O) groups is 1. The number of hydrogen-bond donors (Lipinski definition) is 1. The number of aryl methyl sites for hydroxylation is 2. The van der Waals surface area contributed by atoms with E-state index in [2.05, 4.69) is 54.1 Å². The molecule has 4 rings (SSSR count). The molecule has 0 spiro atoms. The number of rotatable bonds is 4. The Morgan fingerprint density at radius 1 is 1.04 bits per heavy atom. The van der Waals surface area contributed by atoms with E-state index in [1.54, 1.807) is 7.11 Å². The molecule has 1 N–H and O–H groups in total. The third kappa shape index (κ3) is 3.57. The lowest BCUT2D eigenvalue weighted by atomic mass is 10.0. The van der Waals surface area contributed by atoms with Gasteiger partial charge in [0.05, 0.1) is 13.5 Å². The monoisotopic (exact) mass is 377 g/mol. The maximum Gasteiger partial charge on any atom is 0.227 e. The minimum Gasteiger partial charge on any atom is -0.497 e. The Labute approximate surface area is 165 Å². The summed E-state index contributed by atoms with van der Waals surface area (Å²) in [4.78, 5) is 20.7. The van der Waals surface area contributed by atoms with Gasteiger partial charge in [-0.05, 0) is 55.8 Å². The summed E-state index contributed by atoms with van der Waals surface area (Å²) in [5, 5.41) is 1.17. The van der Waals surface area contributed by atoms with Crippen LogP contribution in [-0.2, 0) is 11.2 Å². The van der Waals surface area contributed by atoms with Gasteiger partial charge in [0, 0.05) is 48.5 Å². The van der Waals surface area contributed by atoms with Gasteiger partial charge < -0.3 is 19.5 Å². The molecular weight excluding hydrogens is 350 g/mol. The fourth-order valence-corrected chi connectivity index (χ4v) is 3.99. The van der Waals surface area contributed by atoms with E-state index >= 15 is 0 Å². The molecule has 0 saturated carbocycles. The number of piperazine rings is 1. The molecule has 5 nitrogen and oxygen atoms in total. The molecular formula is C23H27N3O2. The lowest BCUT2D eigenvalue weighted by Crippen LogP contribution is -2.49. The number of carbonyl (C=O) groups excluding carboxylic acids is 1. The molecule has 5 heteroatoms. The molecule has 2 aromatic carbocycles. The first-order chi connectivity index (χ1) is 13.5. The third-order valence-corrected chi connectivity index (χ3v) is 5.67. The van der Waals surface area contributed by atoms with E-state index < -0.39 is 0 Å². The average molecular weight is 377 g/mol. The first-order valence-electron chi connectivity index (χ1n) is 9.80. The Kier molecular flexibility index (Phi) is 4.99. The van der Waals surface area contributed by atoms with Crippen molar-refractivity contribution in [2.24, 2.45) is 0 Å². The highest BCUT2D eigenvalue weighted by atomic mass is 16.5. The Bertz CT molecular complexity index is 983. The van der Waals surface area contributed by atoms with E-state index in [9.17, 15) is 4.79 Å². The summed E-state index contributed by atoms with van der Waals surface area (Å²) in [6.07, 6.45) is 0.456. The quantitative estimate of drug-likeness (QED) is 0.754. The molecule has 1 aliphatic rings. The van der Waals surface area contributed by atoms with Gasteiger partial charge in [0.2, 0.25) is 5.91 Å². The van der Waals surface area contributed by atoms with Crippen LogP contribution in [0.5, 0.6) is 5.75 Å². The zero-order valence-corrected chi connectivity index (χ0v) is 16.8. The van der Waals surface area contributed by atoms with E-state index in [0.29, 0.717) is 6.42 Å². The summed E-state index contributed by atoms with van der Waals surface area (Å²) in [6, 6.07) is 14.5. The molecule has 146 valence electrons. The number of benzene rings is 2. The van der Waals surface area contributed by atoms with Crippen LogP contribution in [0.25, 0.3) is 10.9 Å². The van der Waals surface area contributed by atoms with Gasteiger partial charge in [-0.3, -0.25) is 4.79 Å². The Hall–Kier alpha value is -2.95. The molecule has 2 heterocycles. The largest absolute Gasteiger partial charge is 0.497 e. The average Bonchev–Trinajstić information content (AvgIpc) is 3.03. The van der Waals surface area contributed by atoms with Gasteiger partial charge in [-0.15, -0.1) is 0 Å². The topological polar surface area (TPSA) is 48.6 Å². The highest BCUT2D eigenvalue weighted by molar-refractivity contribution is 5.90. The summed E-state index contributed by atoms with van der Waals surface area (Å²) >= 11 is 0. The Morgan fingerprint density at radius 3 is 2.43 bits per heavy atom. The van der Waals surface area contributed by atoms with Crippen LogP contribution in [0.2, 0.25) is 0 Å². The standard InChI is InChI=1S/C23H27N3O2/c1-16-4-9-22-21(14-16)20(17(2)24-22)15-23(27)26-12-10-25(11-13-26)18-5-7-19(28-3)8-6-18/h4-9,14,24H,10-13,15H2,1-3H3. The van der Waals surface area contributed by atoms with Crippen molar-refractivity contribution in [2.75, 3.05) is 38.2 Å². The predicted octanol–water partition coefficient (Wildman–Crippen LogP) is 3.68. The van der Waals surface area contributed by atoms with Gasteiger partial charge in [0.25, 0.3) is 0 Å². The SMILES string of the molecule is COc1ccc(N2CCN(C(=O)Cc3c(C)[nH]c4ccc(C)cc34)CC2)cc1. The summed E-state index contributed by atoms with van der Waals surface area (Å²) in [5.41, 5.74) is 5.71. The molecule has 1 saturated heterocycles. The zero-order chi connectivity index (χ0) is 19.7. The van der Waals surface area contributed by atoms with Crippen molar-refractivity contribution in [3.8, 4) is 5.75 Å². The summed E-state index contributed by atoms with van der Waals surface area (Å²) < 4.78 is 5.23. The fourth-order valence-electron chi connectivity index (χ4n) is 3.99. The van der Waals surface area contributed by atoms with Crippen LogP contribution >= 0.6 is 0 Å². The summed E-state index contributed by atoms with van der Waals surface area (Å²) in [5.74, 6) is 1.07. The molecule has 1 aliphatic heterocycles. The number of anilines is 1. The highest BCUT2D eigenvalue weighted by Crippen LogP contribution is 2.25. The van der Waals surface area contributed by atoms with E-state index in [0.717, 1.165) is 48.7 Å². The van der Waals surface area contributed by atoms with E-state index in [-0.39, 0.29) is 5.91 Å². The van der Waals surface area contributed by atoms with Gasteiger partial charge in [-0.1, -0.05) is 11.6 Å². The predicted molar refractivity (Wildman–Crippen MR) is 113 cm³/mol. The van der Waals surface area contributed by atoms with Crippen molar-refractivity contribution in [1.82, 2.24) is 9.88 Å². The molecule has 28 heavy (non-hydrogen) atoms. The lowest BCUT2D eigenvalue weighted by Gasteiger charge is -2.36. The number of nitrogens with one attached hydrogen (secondary N) is 1. The van der Waals surface area contributed by atoms with E-state index in [1.165, 1.54) is 16.6 Å². The molecule has 0 bridgehead atoms. The minimum absolute atomic E-state index is 0.208. The summed E-state index contributed by atoms with van der Waals surface area (Å²) in [7, 11) is 1.68. The van der Waals surface area contributed by atoms with Crippen LogP contribution in [0.3, 0.4) is 0 Å². The van der Waals surface area contributed by atoms with Crippen LogP contribution in [-0.4, -0.2) is 49.1 Å². The number of aromatic nitrogens is 1. The van der Waals surface area contributed by atoms with Crippen LogP contribution in [0.4, 0.5) is 5.69 Å². The van der Waals surface area contributed by atoms with Crippen LogP contribution in [0.15, 0.2) is 42.5 Å². The van der Waals surface area contributed by atoms with Crippen LogP contribution in [0.1, 0.15) is 16.8 Å². The fraction of sp³-hybridized carbons (Fsp3) is 0.348. The number of nitrogens with zero attached hydrogens (tertiary/aromatic N) is 2. The molecule has 1 aromatic heterocycles. The summed E-state index contributed by atoms with van der Waals surface area (Å²) in [6.45, 7) is 7.36. The van der Waals surface area contributed by atoms with Crippen molar-refractivity contribution in [1.29, 1.82) is 0 Å². The van der Waals surface area contributed by atoms with Gasteiger partial charge in [0.15, 0.2) is 0 Å². The van der Waals surface area contributed by atoms with Gasteiger partial charge >= 0.3 is 0 Å². The molecule has 0 aliphatic carbocycles. The number of aromatic amines is 1. The lowest BCUT2D eigenvalue weighted by molar-refractivity contribution is -0.130. The number of H-pyrrole nitrogens is 1. The molecule has 1 amide bonds. The van der Waals surface area contributed by atoms with Crippen molar-refractivity contribution in [3.05, 3.63) is 59.3 Å². The number of hydrogen-bond acceptors (Lipinski definition) is 3. The molecule has 0 radical (unpaired) electrons. The first kappa shape index (κ1) is 18.4. The van der Waals surface area contributed by atoms with Crippen molar-refractivity contribution < 1.29 is 9.53 Å². The van der Waals surface area contributed by atoms with Gasteiger partial charge in [0.1, 0.15) is 5.75 Å². The number of ether oxygens (including phenoxy) is 1. The van der Waals surface area contributed by atoms with Crippen molar-refractivity contribution >= 4 is 22.5 Å². The highest BCUT2D eigenvalue weighted by Gasteiger charge is 2.23. The third-order valence-electron chi connectivity index (χ3n) is 5.67.